The van der Waals surface area contributed by atoms with Gasteiger partial charge in [0, 0.05) is 16.8 Å². The Hall–Kier alpha value is -1.75. The lowest BCUT2D eigenvalue weighted by molar-refractivity contribution is -0.137. The molecule has 0 unspecified atom stereocenters. The van der Waals surface area contributed by atoms with Gasteiger partial charge in [0.05, 0.1) is 11.1 Å². The molecule has 0 spiro atoms. The van der Waals surface area contributed by atoms with Gasteiger partial charge >= 0.3 is 6.18 Å². The van der Waals surface area contributed by atoms with E-state index in [4.69, 9.17) is 11.6 Å². The van der Waals surface area contributed by atoms with Crippen LogP contribution in [0.25, 0.3) is 11.1 Å². The van der Waals surface area contributed by atoms with Crippen LogP contribution < -0.4 is 5.56 Å². The first-order valence-electron chi connectivity index (χ1n) is 6.61. The molecule has 0 atom stereocenters. The Morgan fingerprint density at radius 2 is 1.73 bits per heavy atom. The Labute approximate surface area is 131 Å². The van der Waals surface area contributed by atoms with Gasteiger partial charge in [0.2, 0.25) is 0 Å². The highest BCUT2D eigenvalue weighted by Crippen LogP contribution is 2.36. The maximum atomic E-state index is 13.3. The predicted octanol–water partition coefficient (Wildman–Crippen LogP) is 4.94. The van der Waals surface area contributed by atoms with E-state index in [0.717, 1.165) is 6.07 Å². The van der Waals surface area contributed by atoms with Crippen molar-refractivity contribution in [3.63, 3.8) is 0 Å². The van der Waals surface area contributed by atoms with Crippen LogP contribution >= 0.6 is 11.6 Å². The van der Waals surface area contributed by atoms with Crippen molar-refractivity contribution in [2.45, 2.75) is 32.5 Å². The number of pyridine rings is 1. The molecule has 1 heterocycles. The molecule has 0 aliphatic heterocycles. The summed E-state index contributed by atoms with van der Waals surface area (Å²) in [5.74, 6) is 0. The molecule has 0 aliphatic rings. The van der Waals surface area contributed by atoms with Crippen LogP contribution in [0.15, 0.2) is 41.3 Å². The van der Waals surface area contributed by atoms with Crippen LogP contribution in [0.3, 0.4) is 0 Å². The van der Waals surface area contributed by atoms with E-state index in [9.17, 15) is 18.0 Å². The molecule has 0 aliphatic carbocycles. The van der Waals surface area contributed by atoms with E-state index in [1.165, 1.54) is 29.0 Å². The number of hydrogen-bond donors (Lipinski definition) is 0. The number of nitrogens with zero attached hydrogens (tertiary/aromatic N) is 1. The summed E-state index contributed by atoms with van der Waals surface area (Å²) >= 11 is 5.85. The summed E-state index contributed by atoms with van der Waals surface area (Å²) in [5, 5.41) is 0.274. The van der Waals surface area contributed by atoms with Gasteiger partial charge in [-0.15, -0.1) is 0 Å². The van der Waals surface area contributed by atoms with Crippen LogP contribution in [0.2, 0.25) is 5.02 Å². The topological polar surface area (TPSA) is 22.0 Å². The number of halogens is 4. The van der Waals surface area contributed by atoms with Crippen molar-refractivity contribution in [3.8, 4) is 11.1 Å². The molecule has 2 aromatic rings. The maximum Gasteiger partial charge on any atom is 0.417 e. The molecule has 2 nitrogen and oxygen atoms in total. The fraction of sp³-hybridized carbons (Fsp3) is 0.312. The second-order valence-electron chi connectivity index (χ2n) is 5.96. The summed E-state index contributed by atoms with van der Waals surface area (Å²) < 4.78 is 41.1. The van der Waals surface area contributed by atoms with Gasteiger partial charge in [0.1, 0.15) is 0 Å². The van der Waals surface area contributed by atoms with Crippen molar-refractivity contribution in [1.29, 1.82) is 0 Å². The van der Waals surface area contributed by atoms with Crippen LogP contribution in [0.4, 0.5) is 13.2 Å². The van der Waals surface area contributed by atoms with E-state index in [1.807, 2.05) is 0 Å². The van der Waals surface area contributed by atoms with E-state index in [-0.39, 0.29) is 16.1 Å². The fourth-order valence-electron chi connectivity index (χ4n) is 2.22. The second-order valence-corrected chi connectivity index (χ2v) is 6.39. The van der Waals surface area contributed by atoms with Crippen molar-refractivity contribution in [2.24, 2.45) is 0 Å². The summed E-state index contributed by atoms with van der Waals surface area (Å²) in [6, 6.07) is 6.81. The average molecular weight is 330 g/mol. The highest BCUT2D eigenvalue weighted by molar-refractivity contribution is 6.30. The fourth-order valence-corrected chi connectivity index (χ4v) is 2.41. The average Bonchev–Trinajstić information content (AvgIpc) is 2.35. The van der Waals surface area contributed by atoms with Crippen molar-refractivity contribution in [2.75, 3.05) is 0 Å². The summed E-state index contributed by atoms with van der Waals surface area (Å²) in [5.41, 5.74) is -2.50. The summed E-state index contributed by atoms with van der Waals surface area (Å²) in [7, 11) is 0. The lowest BCUT2D eigenvalue weighted by Gasteiger charge is -2.24. The van der Waals surface area contributed by atoms with E-state index in [1.54, 1.807) is 26.8 Å². The quantitative estimate of drug-likeness (QED) is 0.726. The monoisotopic (exact) mass is 329 g/mol. The van der Waals surface area contributed by atoms with Gasteiger partial charge in [-0.3, -0.25) is 4.79 Å². The molecule has 0 saturated carbocycles. The molecule has 1 aromatic heterocycles. The number of alkyl halides is 3. The highest BCUT2D eigenvalue weighted by Gasteiger charge is 2.36. The summed E-state index contributed by atoms with van der Waals surface area (Å²) in [6.45, 7) is 5.26. The van der Waals surface area contributed by atoms with Crippen LogP contribution in [-0.2, 0) is 11.7 Å². The minimum Gasteiger partial charge on any atom is -0.310 e. The van der Waals surface area contributed by atoms with Crippen LogP contribution in [0, 0.1) is 0 Å². The Balaban J connectivity index is 2.86. The first-order chi connectivity index (χ1) is 10.0. The molecule has 0 N–H and O–H groups in total. The lowest BCUT2D eigenvalue weighted by atomic mass is 9.99. The van der Waals surface area contributed by atoms with Crippen molar-refractivity contribution >= 4 is 11.6 Å². The molecule has 0 fully saturated rings. The molecule has 0 amide bonds. The van der Waals surface area contributed by atoms with Crippen LogP contribution in [-0.4, -0.2) is 4.57 Å². The van der Waals surface area contributed by atoms with E-state index < -0.39 is 22.8 Å². The van der Waals surface area contributed by atoms with Crippen molar-refractivity contribution < 1.29 is 13.2 Å². The second kappa shape index (κ2) is 5.47. The molecule has 0 saturated heterocycles. The molecule has 118 valence electrons. The zero-order valence-corrected chi connectivity index (χ0v) is 13.1. The largest absolute Gasteiger partial charge is 0.417 e. The van der Waals surface area contributed by atoms with Gasteiger partial charge in [-0.2, -0.15) is 13.2 Å². The van der Waals surface area contributed by atoms with E-state index in [0.29, 0.717) is 0 Å². The first-order valence-corrected chi connectivity index (χ1v) is 6.99. The Bertz CT molecular complexity index is 757. The maximum absolute atomic E-state index is 13.3. The molecular formula is C16H15ClF3NO. The van der Waals surface area contributed by atoms with E-state index >= 15 is 0 Å². The number of hydrogen-bond acceptors (Lipinski definition) is 1. The zero-order chi connectivity index (χ0) is 16.7. The molecule has 22 heavy (non-hydrogen) atoms. The van der Waals surface area contributed by atoms with E-state index in [2.05, 4.69) is 0 Å². The van der Waals surface area contributed by atoms with Gasteiger partial charge in [-0.1, -0.05) is 23.7 Å². The Morgan fingerprint density at radius 3 is 2.23 bits per heavy atom. The molecule has 0 radical (unpaired) electrons. The summed E-state index contributed by atoms with van der Waals surface area (Å²) in [4.78, 5) is 12.6. The van der Waals surface area contributed by atoms with Gasteiger partial charge in [0.15, 0.2) is 0 Å². The van der Waals surface area contributed by atoms with Crippen molar-refractivity contribution in [3.05, 3.63) is 57.5 Å². The lowest BCUT2D eigenvalue weighted by Crippen LogP contribution is -2.35. The minimum absolute atomic E-state index is 0.156. The Kier molecular flexibility index (Phi) is 4.13. The number of aromatic nitrogens is 1. The van der Waals surface area contributed by atoms with Crippen LogP contribution in [0.5, 0.6) is 0 Å². The smallest absolute Gasteiger partial charge is 0.310 e. The molecule has 1 aromatic carbocycles. The van der Waals surface area contributed by atoms with Crippen molar-refractivity contribution in [1.82, 2.24) is 4.57 Å². The highest BCUT2D eigenvalue weighted by atomic mass is 35.5. The third-order valence-corrected chi connectivity index (χ3v) is 3.47. The minimum atomic E-state index is -4.62. The normalized spacial score (nSPS) is 12.5. The first kappa shape index (κ1) is 16.6. The number of rotatable bonds is 1. The van der Waals surface area contributed by atoms with Gasteiger partial charge in [-0.25, -0.2) is 0 Å². The third kappa shape index (κ3) is 3.19. The zero-order valence-electron chi connectivity index (χ0n) is 12.3. The molecule has 2 rings (SSSR count). The number of benzene rings is 1. The van der Waals surface area contributed by atoms with Crippen LogP contribution in [0.1, 0.15) is 26.3 Å². The molecule has 0 bridgehead atoms. The predicted molar refractivity (Wildman–Crippen MR) is 81.1 cm³/mol. The van der Waals surface area contributed by atoms with Gasteiger partial charge in [-0.05, 0) is 44.5 Å². The Morgan fingerprint density at radius 1 is 1.09 bits per heavy atom. The summed E-state index contributed by atoms with van der Waals surface area (Å²) in [6.07, 6.45) is -3.44. The standard InChI is InChI=1S/C16H15ClF3NO/c1-15(2,3)21-8-7-12(16(18,19)20)13(14(21)22)10-5-4-6-11(17)9-10/h4-9H,1-3H3. The SMILES string of the molecule is CC(C)(C)n1ccc(C(F)(F)F)c(-c2cccc(Cl)c2)c1=O. The third-order valence-electron chi connectivity index (χ3n) is 3.23. The molecule has 6 heteroatoms. The van der Waals surface area contributed by atoms with Gasteiger partial charge < -0.3 is 4.57 Å². The van der Waals surface area contributed by atoms with Gasteiger partial charge in [0.25, 0.3) is 5.56 Å². The molecular weight excluding hydrogens is 315 g/mol.